The van der Waals surface area contributed by atoms with Crippen LogP contribution in [0.15, 0.2) is 42.0 Å². The second kappa shape index (κ2) is 9.09. The van der Waals surface area contributed by atoms with E-state index in [0.29, 0.717) is 30.2 Å². The van der Waals surface area contributed by atoms with Crippen molar-refractivity contribution in [2.24, 2.45) is 11.8 Å². The van der Waals surface area contributed by atoms with Gasteiger partial charge in [0.25, 0.3) is 0 Å². The molecule has 1 aromatic carbocycles. The molecule has 2 saturated carbocycles. The van der Waals surface area contributed by atoms with E-state index in [2.05, 4.69) is 9.97 Å². The molecule has 3 aromatic rings. The predicted molar refractivity (Wildman–Crippen MR) is 124 cm³/mol. The highest BCUT2D eigenvalue weighted by Crippen LogP contribution is 2.44. The number of carbonyl (C=O) groups is 2. The van der Waals surface area contributed by atoms with Crippen molar-refractivity contribution in [3.8, 4) is 17.1 Å². The van der Waals surface area contributed by atoms with Crippen LogP contribution in [0.2, 0.25) is 0 Å². The summed E-state index contributed by atoms with van der Waals surface area (Å²) in [6.07, 6.45) is -3.24. The van der Waals surface area contributed by atoms with Crippen LogP contribution in [0.4, 0.5) is 13.2 Å². The number of aromatic amines is 1. The van der Waals surface area contributed by atoms with Crippen LogP contribution in [0, 0.1) is 11.8 Å². The predicted octanol–water partition coefficient (Wildman–Crippen LogP) is 5.11. The van der Waals surface area contributed by atoms with Gasteiger partial charge in [0.1, 0.15) is 35.0 Å². The van der Waals surface area contributed by atoms with Crippen LogP contribution in [0.5, 0.6) is 5.75 Å². The standard InChI is InChI=1S/C26H23F3N2O5/c1-35-10-11-36-25-15-4-2-3-5-17(15)30-21(25)20-16(8-9-18(31-20)26(27,28)29)24(34)19-22(32)13-6-7-14(12-13)23(19)33/h2-5,8-9,13-14,30,34H,6-7,10-12H2,1H3. The quantitative estimate of drug-likeness (QED) is 0.211. The minimum absolute atomic E-state index is 0.0826. The molecule has 0 radical (unpaired) electrons. The van der Waals surface area contributed by atoms with E-state index in [1.807, 2.05) is 0 Å². The number of H-pyrrole nitrogens is 1. The summed E-state index contributed by atoms with van der Waals surface area (Å²) in [4.78, 5) is 32.8. The number of allylic oxidation sites excluding steroid dienone is 1. The highest BCUT2D eigenvalue weighted by molar-refractivity contribution is 6.28. The van der Waals surface area contributed by atoms with Gasteiger partial charge in [0.15, 0.2) is 17.3 Å². The zero-order valence-corrected chi connectivity index (χ0v) is 19.3. The number of pyridine rings is 1. The number of para-hydroxylation sites is 1. The maximum absolute atomic E-state index is 13.7. The zero-order valence-electron chi connectivity index (χ0n) is 19.3. The Balaban J connectivity index is 1.75. The van der Waals surface area contributed by atoms with Gasteiger partial charge in [-0.05, 0) is 43.5 Å². The van der Waals surface area contributed by atoms with Crippen LogP contribution >= 0.6 is 0 Å². The molecule has 2 atom stereocenters. The van der Waals surface area contributed by atoms with E-state index in [1.54, 1.807) is 24.3 Å². The van der Waals surface area contributed by atoms with Crippen LogP contribution < -0.4 is 4.74 Å². The largest absolute Gasteiger partial charge is 0.506 e. The van der Waals surface area contributed by atoms with Gasteiger partial charge in [-0.25, -0.2) is 4.98 Å². The first kappa shape index (κ1) is 24.1. The fourth-order valence-corrected chi connectivity index (χ4v) is 5.01. The molecule has 2 bridgehead atoms. The van der Waals surface area contributed by atoms with Gasteiger partial charge < -0.3 is 19.6 Å². The summed E-state index contributed by atoms with van der Waals surface area (Å²) >= 11 is 0. The van der Waals surface area contributed by atoms with E-state index in [9.17, 15) is 27.9 Å². The molecule has 0 aliphatic heterocycles. The molecule has 188 valence electrons. The number of methoxy groups -OCH3 is 1. The first-order valence-electron chi connectivity index (χ1n) is 11.5. The second-order valence-corrected chi connectivity index (χ2v) is 8.97. The number of nitrogens with zero attached hydrogens (tertiary/aromatic N) is 1. The normalized spacial score (nSPS) is 19.8. The van der Waals surface area contributed by atoms with Crippen LogP contribution in [0.25, 0.3) is 28.0 Å². The lowest BCUT2D eigenvalue weighted by molar-refractivity contribution is -0.141. The third-order valence-corrected chi connectivity index (χ3v) is 6.77. The molecule has 2 aromatic heterocycles. The van der Waals surface area contributed by atoms with E-state index in [4.69, 9.17) is 9.47 Å². The fourth-order valence-electron chi connectivity index (χ4n) is 5.01. The number of benzene rings is 1. The van der Waals surface area contributed by atoms with Crippen LogP contribution in [0.3, 0.4) is 0 Å². The molecule has 5 rings (SSSR count). The number of aliphatic hydroxyl groups is 1. The number of ketones is 2. The highest BCUT2D eigenvalue weighted by atomic mass is 19.4. The highest BCUT2D eigenvalue weighted by Gasteiger charge is 2.46. The Kier molecular flexibility index (Phi) is 6.07. The molecule has 0 spiro atoms. The SMILES string of the molecule is COCCOc1c(-c2nc(C(F)(F)F)ccc2C(O)=C2C(=O)C3CCC(C3)C2=O)[nH]c2ccccc12. The van der Waals surface area contributed by atoms with Crippen LogP contribution in [-0.4, -0.2) is 47.0 Å². The Labute approximate surface area is 203 Å². The number of nitrogens with one attached hydrogen (secondary N) is 1. The van der Waals surface area contributed by atoms with Crippen molar-refractivity contribution in [2.45, 2.75) is 25.4 Å². The summed E-state index contributed by atoms with van der Waals surface area (Å²) in [5, 5.41) is 11.8. The van der Waals surface area contributed by atoms with E-state index in [-0.39, 0.29) is 53.3 Å². The number of ether oxygens (including phenoxy) is 2. The van der Waals surface area contributed by atoms with Crippen molar-refractivity contribution in [3.05, 3.63) is 53.2 Å². The molecule has 2 heterocycles. The smallest absolute Gasteiger partial charge is 0.433 e. The lowest BCUT2D eigenvalue weighted by Crippen LogP contribution is -2.30. The van der Waals surface area contributed by atoms with Crippen molar-refractivity contribution in [3.63, 3.8) is 0 Å². The lowest BCUT2D eigenvalue weighted by atomic mass is 9.81. The minimum atomic E-state index is -4.77. The van der Waals surface area contributed by atoms with E-state index in [1.165, 1.54) is 7.11 Å². The van der Waals surface area contributed by atoms with Crippen molar-refractivity contribution in [1.29, 1.82) is 0 Å². The maximum Gasteiger partial charge on any atom is 0.433 e. The third-order valence-electron chi connectivity index (χ3n) is 6.77. The van der Waals surface area contributed by atoms with E-state index < -0.39 is 29.2 Å². The number of alkyl halides is 3. The third kappa shape index (κ3) is 4.05. The minimum Gasteiger partial charge on any atom is -0.506 e. The van der Waals surface area contributed by atoms with Gasteiger partial charge in [0.2, 0.25) is 0 Å². The summed E-state index contributed by atoms with van der Waals surface area (Å²) < 4.78 is 51.9. The number of Topliss-reactive ketones (excluding diaryl/α,β-unsaturated/α-hetero) is 2. The molecule has 0 amide bonds. The fraction of sp³-hybridized carbons (Fsp3) is 0.346. The van der Waals surface area contributed by atoms with Gasteiger partial charge in [-0.3, -0.25) is 9.59 Å². The molecule has 2 aliphatic rings. The van der Waals surface area contributed by atoms with Gasteiger partial charge in [-0.2, -0.15) is 13.2 Å². The Morgan fingerprint density at radius 3 is 2.44 bits per heavy atom. The Bertz CT molecular complexity index is 1370. The van der Waals surface area contributed by atoms with Crippen LogP contribution in [-0.2, 0) is 20.5 Å². The molecule has 2 N–H and O–H groups in total. The maximum atomic E-state index is 13.7. The van der Waals surface area contributed by atoms with Gasteiger partial charge in [0, 0.05) is 35.4 Å². The van der Waals surface area contributed by atoms with E-state index >= 15 is 0 Å². The first-order chi connectivity index (χ1) is 17.2. The monoisotopic (exact) mass is 500 g/mol. The zero-order chi connectivity index (χ0) is 25.6. The molecule has 2 fully saturated rings. The number of carbonyl (C=O) groups excluding carboxylic acids is 2. The van der Waals surface area contributed by atoms with Crippen molar-refractivity contribution < 1.29 is 37.3 Å². The summed E-state index contributed by atoms with van der Waals surface area (Å²) in [5.41, 5.74) is -1.35. The summed E-state index contributed by atoms with van der Waals surface area (Å²) in [6.45, 7) is 0.329. The number of fused-ring (bicyclic) bond motifs is 3. The molecular weight excluding hydrogens is 477 g/mol. The Hall–Kier alpha value is -3.66. The second-order valence-electron chi connectivity index (χ2n) is 8.97. The van der Waals surface area contributed by atoms with E-state index in [0.717, 1.165) is 12.1 Å². The number of aromatic nitrogens is 2. The van der Waals surface area contributed by atoms with Gasteiger partial charge in [0.05, 0.1) is 6.61 Å². The Morgan fingerprint density at radius 2 is 1.78 bits per heavy atom. The number of halogens is 3. The average Bonchev–Trinajstić information content (AvgIpc) is 3.46. The van der Waals surface area contributed by atoms with Crippen LogP contribution in [0.1, 0.15) is 30.5 Å². The Morgan fingerprint density at radius 1 is 1.08 bits per heavy atom. The topological polar surface area (TPSA) is 102 Å². The summed E-state index contributed by atoms with van der Waals surface area (Å²) in [7, 11) is 1.49. The van der Waals surface area contributed by atoms with Crippen molar-refractivity contribution in [1.82, 2.24) is 9.97 Å². The number of rotatable bonds is 6. The average molecular weight is 500 g/mol. The van der Waals surface area contributed by atoms with Crippen molar-refractivity contribution >= 4 is 28.2 Å². The number of hydrogen-bond donors (Lipinski definition) is 2. The van der Waals surface area contributed by atoms with Gasteiger partial charge in [-0.15, -0.1) is 0 Å². The summed E-state index contributed by atoms with van der Waals surface area (Å²) in [5.74, 6) is -2.17. The first-order valence-corrected chi connectivity index (χ1v) is 11.5. The molecule has 7 nitrogen and oxygen atoms in total. The molecule has 36 heavy (non-hydrogen) atoms. The molecule has 2 unspecified atom stereocenters. The molecular formula is C26H23F3N2O5. The van der Waals surface area contributed by atoms with Gasteiger partial charge in [-0.1, -0.05) is 12.1 Å². The summed E-state index contributed by atoms with van der Waals surface area (Å²) in [6, 6.07) is 8.70. The molecule has 10 heteroatoms. The lowest BCUT2D eigenvalue weighted by Gasteiger charge is -2.21. The van der Waals surface area contributed by atoms with Crippen molar-refractivity contribution in [2.75, 3.05) is 20.3 Å². The molecule has 2 aliphatic carbocycles. The number of hydrogen-bond acceptors (Lipinski definition) is 6. The number of aliphatic hydroxyl groups excluding tert-OH is 1. The van der Waals surface area contributed by atoms with Gasteiger partial charge >= 0.3 is 6.18 Å². The molecule has 0 saturated heterocycles.